The van der Waals surface area contributed by atoms with E-state index in [1.807, 2.05) is 20.8 Å². The van der Waals surface area contributed by atoms with Gasteiger partial charge >= 0.3 is 6.09 Å². The van der Waals surface area contributed by atoms with E-state index >= 15 is 0 Å². The number of piperidine rings is 1. The average molecular weight is 360 g/mol. The monoisotopic (exact) mass is 359 g/mol. The summed E-state index contributed by atoms with van der Waals surface area (Å²) in [5, 5.41) is 0.292. The zero-order valence-electron chi connectivity index (χ0n) is 13.8. The van der Waals surface area contributed by atoms with Crippen LogP contribution < -0.4 is 0 Å². The second-order valence-electron chi connectivity index (χ2n) is 6.60. The summed E-state index contributed by atoms with van der Waals surface area (Å²) in [5.41, 5.74) is 0.129. The smallest absolute Gasteiger partial charge is 0.410 e. The molecule has 1 aromatic rings. The van der Waals surface area contributed by atoms with Gasteiger partial charge in [-0.1, -0.05) is 11.6 Å². The molecule has 2 rings (SSSR count). The number of ether oxygens (including phenoxy) is 1. The van der Waals surface area contributed by atoms with Crippen molar-refractivity contribution in [3.8, 4) is 0 Å². The maximum atomic E-state index is 12.7. The molecule has 128 valence electrons. The first-order valence-electron chi connectivity index (χ1n) is 7.55. The average Bonchev–Trinajstić information content (AvgIpc) is 2.44. The fraction of sp³-hybridized carbons (Fsp3) is 0.667. The van der Waals surface area contributed by atoms with Crippen molar-refractivity contribution in [1.82, 2.24) is 14.9 Å². The summed E-state index contributed by atoms with van der Waals surface area (Å²) in [5.74, 6) is 0. The Balaban J connectivity index is 2.08. The van der Waals surface area contributed by atoms with Crippen molar-refractivity contribution in [2.24, 2.45) is 0 Å². The Hall–Kier alpha value is -1.21. The molecule has 1 aliphatic heterocycles. The largest absolute Gasteiger partial charge is 0.444 e. The first kappa shape index (κ1) is 18.1. The van der Waals surface area contributed by atoms with Gasteiger partial charge in [-0.2, -0.15) is 0 Å². The maximum absolute atomic E-state index is 12.7. The molecular weight excluding hydrogens is 338 g/mol. The molecule has 23 heavy (non-hydrogen) atoms. The third kappa shape index (κ3) is 5.14. The molecule has 1 aliphatic rings. The molecule has 1 amide bonds. The molecule has 0 aromatic carbocycles. The summed E-state index contributed by atoms with van der Waals surface area (Å²) in [6.45, 7) is 8.24. The standard InChI is InChI=1S/C15H22ClN3O3S/c1-10-8-12(16)18-13(17-10)23(21)11-6-5-7-19(9-11)14(20)22-15(2,3)4/h8,11H,5-7,9H2,1-4H3/t11-,23+/m0/s1. The Morgan fingerprint density at radius 3 is 2.74 bits per heavy atom. The topological polar surface area (TPSA) is 72.4 Å². The van der Waals surface area contributed by atoms with Gasteiger partial charge in [-0.25, -0.2) is 14.8 Å². The Bertz CT molecular complexity index is 598. The number of likely N-dealkylation sites (tertiary alicyclic amines) is 1. The van der Waals surface area contributed by atoms with E-state index in [0.717, 1.165) is 12.8 Å². The number of carbonyl (C=O) groups excluding carboxylic acids is 1. The molecule has 1 saturated heterocycles. The minimum absolute atomic E-state index is 0.214. The van der Waals surface area contributed by atoms with Gasteiger partial charge in [0.05, 0.1) is 16.0 Å². The summed E-state index contributed by atoms with van der Waals surface area (Å²) >= 11 is 5.91. The number of halogens is 1. The normalized spacial score (nSPS) is 20.2. The molecular formula is C15H22ClN3O3S. The van der Waals surface area contributed by atoms with Crippen LogP contribution in [0.1, 0.15) is 39.3 Å². The summed E-state index contributed by atoms with van der Waals surface area (Å²) in [4.78, 5) is 22.1. The predicted molar refractivity (Wildman–Crippen MR) is 89.0 cm³/mol. The summed E-state index contributed by atoms with van der Waals surface area (Å²) in [6.07, 6.45) is 1.15. The Kier molecular flexibility index (Phi) is 5.62. The van der Waals surface area contributed by atoms with E-state index in [1.165, 1.54) is 0 Å². The minimum atomic E-state index is -1.41. The number of hydrogen-bond donors (Lipinski definition) is 0. The van der Waals surface area contributed by atoms with Crippen LogP contribution in [0.25, 0.3) is 0 Å². The lowest BCUT2D eigenvalue weighted by Gasteiger charge is -2.33. The van der Waals surface area contributed by atoms with E-state index in [0.29, 0.717) is 18.8 Å². The Labute approximate surface area is 144 Å². The lowest BCUT2D eigenvalue weighted by Crippen LogP contribution is -2.46. The summed E-state index contributed by atoms with van der Waals surface area (Å²) in [7, 11) is -1.41. The Morgan fingerprint density at radius 2 is 2.13 bits per heavy atom. The number of aryl methyl sites for hydroxylation is 1. The summed E-state index contributed by atoms with van der Waals surface area (Å²) in [6, 6.07) is 1.62. The third-order valence-electron chi connectivity index (χ3n) is 3.31. The molecule has 8 heteroatoms. The van der Waals surface area contributed by atoms with Gasteiger partial charge < -0.3 is 9.64 Å². The van der Waals surface area contributed by atoms with Gasteiger partial charge in [0.25, 0.3) is 0 Å². The van der Waals surface area contributed by atoms with Crippen molar-refractivity contribution in [2.45, 2.75) is 56.5 Å². The molecule has 0 radical (unpaired) electrons. The van der Waals surface area contributed by atoms with Crippen molar-refractivity contribution in [3.63, 3.8) is 0 Å². The van der Waals surface area contributed by atoms with Crippen LogP contribution in [-0.2, 0) is 15.5 Å². The molecule has 0 N–H and O–H groups in total. The molecule has 0 spiro atoms. The molecule has 0 aliphatic carbocycles. The van der Waals surface area contributed by atoms with Crippen molar-refractivity contribution in [3.05, 3.63) is 16.9 Å². The summed E-state index contributed by atoms with van der Waals surface area (Å²) < 4.78 is 18.1. The van der Waals surface area contributed by atoms with Gasteiger partial charge in [-0.3, -0.25) is 4.21 Å². The van der Waals surface area contributed by atoms with Crippen LogP contribution in [-0.4, -0.2) is 49.1 Å². The number of nitrogens with zero attached hydrogens (tertiary/aromatic N) is 3. The number of amides is 1. The van der Waals surface area contributed by atoms with Crippen molar-refractivity contribution >= 4 is 28.5 Å². The SMILES string of the molecule is Cc1cc(Cl)nc([S@](=O)[C@H]2CCCN(C(=O)OC(C)(C)C)C2)n1. The van der Waals surface area contributed by atoms with Gasteiger partial charge in [0, 0.05) is 18.8 Å². The fourth-order valence-electron chi connectivity index (χ4n) is 2.35. The van der Waals surface area contributed by atoms with Crippen LogP contribution >= 0.6 is 11.6 Å². The van der Waals surface area contributed by atoms with Crippen molar-refractivity contribution in [1.29, 1.82) is 0 Å². The van der Waals surface area contributed by atoms with E-state index in [-0.39, 0.29) is 21.7 Å². The zero-order valence-corrected chi connectivity index (χ0v) is 15.4. The first-order valence-corrected chi connectivity index (χ1v) is 9.14. The number of rotatable bonds is 2. The molecule has 0 bridgehead atoms. The predicted octanol–water partition coefficient (Wildman–Crippen LogP) is 2.95. The van der Waals surface area contributed by atoms with Gasteiger partial charge in [0.1, 0.15) is 10.8 Å². The first-order chi connectivity index (χ1) is 10.7. The van der Waals surface area contributed by atoms with Crippen LogP contribution in [0.15, 0.2) is 11.2 Å². The van der Waals surface area contributed by atoms with Gasteiger partial charge in [-0.15, -0.1) is 0 Å². The molecule has 0 unspecified atom stereocenters. The highest BCUT2D eigenvalue weighted by Crippen LogP contribution is 2.21. The van der Waals surface area contributed by atoms with E-state index in [2.05, 4.69) is 9.97 Å². The number of carbonyl (C=O) groups is 1. The highest BCUT2D eigenvalue weighted by atomic mass is 35.5. The maximum Gasteiger partial charge on any atom is 0.410 e. The second-order valence-corrected chi connectivity index (χ2v) is 8.62. The van der Waals surface area contributed by atoms with E-state index < -0.39 is 16.4 Å². The molecule has 2 atom stereocenters. The number of hydrogen-bond acceptors (Lipinski definition) is 5. The van der Waals surface area contributed by atoms with Crippen LogP contribution in [0.3, 0.4) is 0 Å². The van der Waals surface area contributed by atoms with Gasteiger partial charge in [-0.05, 0) is 46.6 Å². The van der Waals surface area contributed by atoms with E-state index in [1.54, 1.807) is 17.9 Å². The van der Waals surface area contributed by atoms with Crippen LogP contribution in [0.5, 0.6) is 0 Å². The van der Waals surface area contributed by atoms with Crippen LogP contribution in [0, 0.1) is 6.92 Å². The second kappa shape index (κ2) is 7.13. The van der Waals surface area contributed by atoms with Crippen LogP contribution in [0.4, 0.5) is 4.79 Å². The molecule has 1 fully saturated rings. The quantitative estimate of drug-likeness (QED) is 0.599. The molecule has 6 nitrogen and oxygen atoms in total. The fourth-order valence-corrected chi connectivity index (χ4v) is 4.05. The van der Waals surface area contributed by atoms with E-state index in [9.17, 15) is 9.00 Å². The molecule has 0 saturated carbocycles. The van der Waals surface area contributed by atoms with Crippen molar-refractivity contribution < 1.29 is 13.7 Å². The lowest BCUT2D eigenvalue weighted by atomic mass is 10.1. The number of aromatic nitrogens is 2. The molecule has 2 heterocycles. The van der Waals surface area contributed by atoms with E-state index in [4.69, 9.17) is 16.3 Å². The Morgan fingerprint density at radius 1 is 1.43 bits per heavy atom. The van der Waals surface area contributed by atoms with Gasteiger partial charge in [0.15, 0.2) is 0 Å². The third-order valence-corrected chi connectivity index (χ3v) is 5.04. The highest BCUT2D eigenvalue weighted by Gasteiger charge is 2.32. The zero-order chi connectivity index (χ0) is 17.2. The highest BCUT2D eigenvalue weighted by molar-refractivity contribution is 7.85. The van der Waals surface area contributed by atoms with Gasteiger partial charge in [0.2, 0.25) is 5.16 Å². The van der Waals surface area contributed by atoms with Crippen LogP contribution in [0.2, 0.25) is 5.15 Å². The minimum Gasteiger partial charge on any atom is -0.444 e. The molecule has 1 aromatic heterocycles. The van der Waals surface area contributed by atoms with Crippen molar-refractivity contribution in [2.75, 3.05) is 13.1 Å². The lowest BCUT2D eigenvalue weighted by molar-refractivity contribution is 0.0219.